The highest BCUT2D eigenvalue weighted by atomic mass is 16.3. The van der Waals surface area contributed by atoms with Crippen LogP contribution in [-0.2, 0) is 6.42 Å². The van der Waals surface area contributed by atoms with Crippen LogP contribution in [0.4, 0.5) is 0 Å². The molecule has 5 nitrogen and oxygen atoms in total. The maximum atomic E-state index is 13.2. The van der Waals surface area contributed by atoms with E-state index >= 15 is 0 Å². The van der Waals surface area contributed by atoms with Gasteiger partial charge in [0.05, 0.1) is 17.9 Å². The van der Waals surface area contributed by atoms with Gasteiger partial charge in [0.2, 0.25) is 0 Å². The Hall–Kier alpha value is -2.92. The summed E-state index contributed by atoms with van der Waals surface area (Å²) < 4.78 is 1.78. The molecule has 1 amide bonds. The first-order valence-corrected chi connectivity index (χ1v) is 9.74. The van der Waals surface area contributed by atoms with E-state index in [1.165, 1.54) is 5.56 Å². The van der Waals surface area contributed by atoms with Crippen molar-refractivity contribution in [2.24, 2.45) is 0 Å². The molecule has 0 saturated carbocycles. The number of hydrogen-bond donors (Lipinski definition) is 1. The third-order valence-electron chi connectivity index (χ3n) is 4.98. The topological polar surface area (TPSA) is 58.4 Å². The van der Waals surface area contributed by atoms with Gasteiger partial charge in [-0.2, -0.15) is 5.10 Å². The molecule has 5 heteroatoms. The van der Waals surface area contributed by atoms with Crippen molar-refractivity contribution < 1.29 is 9.90 Å². The number of likely N-dealkylation sites (N-methyl/N-ethyl adjacent to an activating group) is 1. The van der Waals surface area contributed by atoms with Crippen molar-refractivity contribution in [3.8, 4) is 16.9 Å². The second-order valence-corrected chi connectivity index (χ2v) is 6.78. The summed E-state index contributed by atoms with van der Waals surface area (Å²) in [5.41, 5.74) is 5.38. The van der Waals surface area contributed by atoms with Crippen molar-refractivity contribution in [2.45, 2.75) is 27.2 Å². The van der Waals surface area contributed by atoms with Gasteiger partial charge >= 0.3 is 0 Å². The van der Waals surface area contributed by atoms with Gasteiger partial charge in [0, 0.05) is 24.8 Å². The molecule has 0 unspecified atom stereocenters. The molecule has 2 aromatic carbocycles. The van der Waals surface area contributed by atoms with Crippen LogP contribution in [-0.4, -0.2) is 45.4 Å². The molecule has 0 bridgehead atoms. The highest BCUT2D eigenvalue weighted by Crippen LogP contribution is 2.26. The van der Waals surface area contributed by atoms with Crippen LogP contribution in [0.1, 0.15) is 35.3 Å². The highest BCUT2D eigenvalue weighted by molar-refractivity contribution is 6.00. The average molecular weight is 377 g/mol. The van der Waals surface area contributed by atoms with Gasteiger partial charge < -0.3 is 10.0 Å². The number of para-hydroxylation sites is 1. The summed E-state index contributed by atoms with van der Waals surface area (Å²) in [4.78, 5) is 14.8. The van der Waals surface area contributed by atoms with Crippen LogP contribution >= 0.6 is 0 Å². The molecule has 0 aliphatic rings. The monoisotopic (exact) mass is 377 g/mol. The first kappa shape index (κ1) is 19.8. The lowest BCUT2D eigenvalue weighted by molar-refractivity contribution is 0.0732. The minimum absolute atomic E-state index is 0.0635. The van der Waals surface area contributed by atoms with E-state index in [0.29, 0.717) is 24.3 Å². The van der Waals surface area contributed by atoms with Crippen molar-refractivity contribution in [3.05, 3.63) is 71.4 Å². The third-order valence-corrected chi connectivity index (χ3v) is 4.98. The number of aryl methyl sites for hydroxylation is 2. The summed E-state index contributed by atoms with van der Waals surface area (Å²) >= 11 is 0. The largest absolute Gasteiger partial charge is 0.395 e. The van der Waals surface area contributed by atoms with Gasteiger partial charge in [-0.1, -0.05) is 49.4 Å². The summed E-state index contributed by atoms with van der Waals surface area (Å²) in [6.45, 7) is 6.83. The van der Waals surface area contributed by atoms with Crippen LogP contribution in [0.15, 0.2) is 54.7 Å². The van der Waals surface area contributed by atoms with Gasteiger partial charge in [0.25, 0.3) is 5.91 Å². The Kier molecular flexibility index (Phi) is 6.26. The van der Waals surface area contributed by atoms with Crippen molar-refractivity contribution in [1.29, 1.82) is 0 Å². The number of benzene rings is 2. The maximum Gasteiger partial charge on any atom is 0.257 e. The fraction of sp³-hybridized carbons (Fsp3) is 0.304. The van der Waals surface area contributed by atoms with Gasteiger partial charge in [-0.25, -0.2) is 4.68 Å². The SMILES string of the molecule is CCc1ccc(-c2nn(-c3ccccc3C)cc2C(=O)N(CC)CCO)cc1. The van der Waals surface area contributed by atoms with Gasteiger partial charge in [-0.15, -0.1) is 0 Å². The highest BCUT2D eigenvalue weighted by Gasteiger charge is 2.23. The summed E-state index contributed by atoms with van der Waals surface area (Å²) in [5, 5.41) is 14.1. The molecule has 0 atom stereocenters. The molecule has 1 heterocycles. The van der Waals surface area contributed by atoms with E-state index in [4.69, 9.17) is 5.10 Å². The van der Waals surface area contributed by atoms with E-state index in [0.717, 1.165) is 23.2 Å². The van der Waals surface area contributed by atoms with E-state index in [9.17, 15) is 9.90 Å². The van der Waals surface area contributed by atoms with Gasteiger partial charge in [-0.05, 0) is 37.5 Å². The van der Waals surface area contributed by atoms with Crippen LogP contribution in [0.5, 0.6) is 0 Å². The Balaban J connectivity index is 2.12. The summed E-state index contributed by atoms with van der Waals surface area (Å²) in [7, 11) is 0. The van der Waals surface area contributed by atoms with E-state index < -0.39 is 0 Å². The Bertz CT molecular complexity index is 945. The number of aliphatic hydroxyl groups is 1. The molecular formula is C23H27N3O2. The van der Waals surface area contributed by atoms with Crippen molar-refractivity contribution in [2.75, 3.05) is 19.7 Å². The van der Waals surface area contributed by atoms with Gasteiger partial charge in [-0.3, -0.25) is 4.79 Å². The van der Waals surface area contributed by atoms with E-state index in [1.807, 2.05) is 50.2 Å². The number of carbonyl (C=O) groups is 1. The number of aromatic nitrogens is 2. The second-order valence-electron chi connectivity index (χ2n) is 6.78. The Morgan fingerprint density at radius 3 is 2.43 bits per heavy atom. The molecule has 3 aromatic rings. The van der Waals surface area contributed by atoms with Crippen LogP contribution in [0.3, 0.4) is 0 Å². The first-order chi connectivity index (χ1) is 13.6. The van der Waals surface area contributed by atoms with Crippen LogP contribution in [0, 0.1) is 6.92 Å². The average Bonchev–Trinajstić information content (AvgIpc) is 3.17. The molecule has 0 aliphatic carbocycles. The number of aliphatic hydroxyl groups excluding tert-OH is 1. The lowest BCUT2D eigenvalue weighted by Crippen LogP contribution is -2.33. The molecule has 0 aliphatic heterocycles. The molecular weight excluding hydrogens is 350 g/mol. The standard InChI is InChI=1S/C23H27N3O2/c1-4-18-10-12-19(13-11-18)22-20(23(28)25(5-2)14-15-27)16-26(24-22)21-9-7-6-8-17(21)3/h6-13,16,27H,4-5,14-15H2,1-3H3. The zero-order chi connectivity index (χ0) is 20.1. The van der Waals surface area contributed by atoms with Crippen molar-refractivity contribution in [3.63, 3.8) is 0 Å². The fourth-order valence-electron chi connectivity index (χ4n) is 3.28. The molecule has 0 saturated heterocycles. The molecule has 3 rings (SSSR count). The predicted octanol–water partition coefficient (Wildman–Crippen LogP) is 3.86. The minimum atomic E-state index is -0.119. The first-order valence-electron chi connectivity index (χ1n) is 9.74. The molecule has 0 spiro atoms. The smallest absolute Gasteiger partial charge is 0.257 e. The maximum absolute atomic E-state index is 13.2. The summed E-state index contributed by atoms with van der Waals surface area (Å²) in [6, 6.07) is 16.1. The number of carbonyl (C=O) groups excluding carboxylic acids is 1. The van der Waals surface area contributed by atoms with Gasteiger partial charge in [0.1, 0.15) is 5.69 Å². The predicted molar refractivity (Wildman–Crippen MR) is 112 cm³/mol. The third kappa shape index (κ3) is 3.99. The molecule has 28 heavy (non-hydrogen) atoms. The van der Waals surface area contributed by atoms with E-state index in [1.54, 1.807) is 15.8 Å². The number of rotatable bonds is 7. The van der Waals surface area contributed by atoms with Crippen molar-refractivity contribution >= 4 is 5.91 Å². The van der Waals surface area contributed by atoms with E-state index in [2.05, 4.69) is 19.1 Å². The van der Waals surface area contributed by atoms with Crippen LogP contribution in [0.2, 0.25) is 0 Å². The zero-order valence-corrected chi connectivity index (χ0v) is 16.7. The zero-order valence-electron chi connectivity index (χ0n) is 16.7. The lowest BCUT2D eigenvalue weighted by Gasteiger charge is -2.19. The van der Waals surface area contributed by atoms with Crippen LogP contribution in [0.25, 0.3) is 16.9 Å². The number of nitrogens with zero attached hydrogens (tertiary/aromatic N) is 3. The Morgan fingerprint density at radius 1 is 1.11 bits per heavy atom. The molecule has 146 valence electrons. The number of amides is 1. The quantitative estimate of drug-likeness (QED) is 0.680. The van der Waals surface area contributed by atoms with Gasteiger partial charge in [0.15, 0.2) is 0 Å². The fourth-order valence-corrected chi connectivity index (χ4v) is 3.28. The van der Waals surface area contributed by atoms with Crippen molar-refractivity contribution in [1.82, 2.24) is 14.7 Å². The number of hydrogen-bond acceptors (Lipinski definition) is 3. The van der Waals surface area contributed by atoms with Crippen LogP contribution < -0.4 is 0 Å². The molecule has 1 aromatic heterocycles. The Labute approximate surface area is 166 Å². The second kappa shape index (κ2) is 8.85. The molecule has 0 fully saturated rings. The summed E-state index contributed by atoms with van der Waals surface area (Å²) in [5.74, 6) is -0.119. The Morgan fingerprint density at radius 2 is 1.82 bits per heavy atom. The lowest BCUT2D eigenvalue weighted by atomic mass is 10.0. The van der Waals surface area contributed by atoms with E-state index in [-0.39, 0.29) is 12.5 Å². The normalized spacial score (nSPS) is 10.9. The summed E-state index contributed by atoms with van der Waals surface area (Å²) in [6.07, 6.45) is 2.76. The minimum Gasteiger partial charge on any atom is -0.395 e. The molecule has 1 N–H and O–H groups in total. The molecule has 0 radical (unpaired) electrons.